The number of benzene rings is 2. The first-order valence-electron chi connectivity index (χ1n) is 10.3. The van der Waals surface area contributed by atoms with E-state index in [0.717, 1.165) is 22.3 Å². The second kappa shape index (κ2) is 7.60. The van der Waals surface area contributed by atoms with Crippen LogP contribution in [0.25, 0.3) is 11.3 Å². The zero-order chi connectivity index (χ0) is 22.4. The summed E-state index contributed by atoms with van der Waals surface area (Å²) >= 11 is 0. The first-order chi connectivity index (χ1) is 15.4. The summed E-state index contributed by atoms with van der Waals surface area (Å²) in [5.41, 5.74) is 5.45. The van der Waals surface area contributed by atoms with Crippen molar-refractivity contribution in [3.05, 3.63) is 100 Å². The minimum atomic E-state index is -0.493. The van der Waals surface area contributed by atoms with E-state index in [1.165, 1.54) is 12.1 Å². The Balaban J connectivity index is 1.69. The number of aromatic hydroxyl groups is 1. The van der Waals surface area contributed by atoms with Gasteiger partial charge in [0, 0.05) is 30.1 Å². The van der Waals surface area contributed by atoms with Crippen LogP contribution in [0.4, 0.5) is 4.39 Å². The van der Waals surface area contributed by atoms with Crippen LogP contribution in [0, 0.1) is 19.7 Å². The largest absolute Gasteiger partial charge is 0.507 e. The molecule has 5 rings (SSSR count). The predicted octanol–water partition coefficient (Wildman–Crippen LogP) is 4.68. The molecular weight excluding hydrogens is 407 g/mol. The number of nitrogens with one attached hydrogen (secondary N) is 1. The van der Waals surface area contributed by atoms with Gasteiger partial charge in [-0.25, -0.2) is 4.39 Å². The molecule has 1 aliphatic rings. The fraction of sp³-hybridized carbons (Fsp3) is 0.160. The molecule has 2 N–H and O–H groups in total. The van der Waals surface area contributed by atoms with Crippen molar-refractivity contribution in [2.75, 3.05) is 0 Å². The Labute approximate surface area is 184 Å². The van der Waals surface area contributed by atoms with Crippen molar-refractivity contribution in [1.82, 2.24) is 20.1 Å². The maximum atomic E-state index is 13.7. The van der Waals surface area contributed by atoms with Crippen molar-refractivity contribution < 1.29 is 14.3 Å². The Kier molecular flexibility index (Phi) is 4.74. The van der Waals surface area contributed by atoms with Crippen molar-refractivity contribution in [2.45, 2.75) is 26.4 Å². The molecule has 0 saturated carbocycles. The van der Waals surface area contributed by atoms with Gasteiger partial charge in [0.05, 0.1) is 6.04 Å². The number of hydrogen-bond donors (Lipinski definition) is 2. The Morgan fingerprint density at radius 1 is 1.16 bits per heavy atom. The number of phenolic OH excluding ortho intramolecular Hbond substituents is 1. The molecule has 0 fully saturated rings. The minimum absolute atomic E-state index is 0.126. The van der Waals surface area contributed by atoms with Gasteiger partial charge in [-0.15, -0.1) is 0 Å². The number of aryl methyl sites for hydroxylation is 2. The Bertz CT molecular complexity index is 1320. The van der Waals surface area contributed by atoms with E-state index >= 15 is 0 Å². The van der Waals surface area contributed by atoms with Crippen LogP contribution in [-0.4, -0.2) is 31.1 Å². The first kappa shape index (κ1) is 19.9. The summed E-state index contributed by atoms with van der Waals surface area (Å²) in [7, 11) is 0. The lowest BCUT2D eigenvalue weighted by molar-refractivity contribution is 0.0730. The lowest BCUT2D eigenvalue weighted by Crippen LogP contribution is -2.29. The highest BCUT2D eigenvalue weighted by molar-refractivity contribution is 6.00. The van der Waals surface area contributed by atoms with Gasteiger partial charge in [-0.1, -0.05) is 24.3 Å². The van der Waals surface area contributed by atoms with E-state index < -0.39 is 6.04 Å². The third kappa shape index (κ3) is 3.22. The van der Waals surface area contributed by atoms with Gasteiger partial charge in [-0.3, -0.25) is 14.9 Å². The zero-order valence-electron chi connectivity index (χ0n) is 17.6. The monoisotopic (exact) mass is 428 g/mol. The molecule has 7 heteroatoms. The van der Waals surface area contributed by atoms with Crippen LogP contribution in [0.5, 0.6) is 5.75 Å². The number of phenols is 1. The molecule has 1 amide bonds. The number of hydrogen-bond acceptors (Lipinski definition) is 4. The summed E-state index contributed by atoms with van der Waals surface area (Å²) in [5, 5.41) is 18.1. The number of pyridine rings is 1. The van der Waals surface area contributed by atoms with Gasteiger partial charge in [-0.2, -0.15) is 5.10 Å². The highest BCUT2D eigenvalue weighted by Gasteiger charge is 2.42. The number of carbonyl (C=O) groups excluding carboxylic acids is 1. The van der Waals surface area contributed by atoms with E-state index in [4.69, 9.17) is 0 Å². The number of rotatable bonds is 4. The summed E-state index contributed by atoms with van der Waals surface area (Å²) in [6.07, 6.45) is 3.40. The number of aromatic nitrogens is 3. The van der Waals surface area contributed by atoms with Crippen LogP contribution >= 0.6 is 0 Å². The molecule has 2 aromatic heterocycles. The van der Waals surface area contributed by atoms with Gasteiger partial charge >= 0.3 is 0 Å². The molecule has 0 aliphatic carbocycles. The van der Waals surface area contributed by atoms with Crippen LogP contribution in [0.2, 0.25) is 0 Å². The van der Waals surface area contributed by atoms with Crippen LogP contribution in [0.1, 0.15) is 44.3 Å². The maximum Gasteiger partial charge on any atom is 0.273 e. The molecule has 0 radical (unpaired) electrons. The summed E-state index contributed by atoms with van der Waals surface area (Å²) in [6, 6.07) is 13.1. The summed E-state index contributed by atoms with van der Waals surface area (Å²) < 4.78 is 13.7. The fourth-order valence-electron chi connectivity index (χ4n) is 4.39. The summed E-state index contributed by atoms with van der Waals surface area (Å²) in [6.45, 7) is 4.10. The molecule has 0 spiro atoms. The molecule has 32 heavy (non-hydrogen) atoms. The maximum absolute atomic E-state index is 13.7. The van der Waals surface area contributed by atoms with E-state index in [9.17, 15) is 14.3 Å². The molecule has 1 aliphatic heterocycles. The van der Waals surface area contributed by atoms with Crippen LogP contribution in [0.15, 0.2) is 60.9 Å². The lowest BCUT2D eigenvalue weighted by Gasteiger charge is -2.26. The summed E-state index contributed by atoms with van der Waals surface area (Å²) in [5.74, 6) is -0.432. The minimum Gasteiger partial charge on any atom is -0.507 e. The fourth-order valence-corrected chi connectivity index (χ4v) is 4.39. The Hall–Kier alpha value is -4.00. The number of carbonyl (C=O) groups is 1. The number of nitrogens with zero attached hydrogens (tertiary/aromatic N) is 3. The van der Waals surface area contributed by atoms with Crippen molar-refractivity contribution in [1.29, 1.82) is 0 Å². The number of halogens is 1. The number of H-pyrrole nitrogens is 1. The van der Waals surface area contributed by atoms with E-state index in [1.807, 2.05) is 38.1 Å². The molecule has 2 aromatic carbocycles. The summed E-state index contributed by atoms with van der Waals surface area (Å²) in [4.78, 5) is 19.3. The Morgan fingerprint density at radius 2 is 1.94 bits per heavy atom. The Morgan fingerprint density at radius 3 is 2.66 bits per heavy atom. The topological polar surface area (TPSA) is 82.1 Å². The van der Waals surface area contributed by atoms with Crippen LogP contribution in [-0.2, 0) is 6.54 Å². The lowest BCUT2D eigenvalue weighted by atomic mass is 9.94. The van der Waals surface area contributed by atoms with Crippen LogP contribution in [0.3, 0.4) is 0 Å². The van der Waals surface area contributed by atoms with Crippen LogP contribution < -0.4 is 0 Å². The van der Waals surface area contributed by atoms with Crippen molar-refractivity contribution >= 4 is 5.91 Å². The van der Waals surface area contributed by atoms with Gasteiger partial charge in [0.15, 0.2) is 0 Å². The second-order valence-corrected chi connectivity index (χ2v) is 8.09. The molecule has 4 aromatic rings. The van der Waals surface area contributed by atoms with E-state index in [1.54, 1.807) is 29.4 Å². The molecule has 6 nitrogen and oxygen atoms in total. The zero-order valence-corrected chi connectivity index (χ0v) is 17.6. The molecular formula is C25H21FN4O2. The van der Waals surface area contributed by atoms with Crippen molar-refractivity contribution in [3.8, 4) is 17.0 Å². The van der Waals surface area contributed by atoms with Gasteiger partial charge in [0.1, 0.15) is 23.0 Å². The molecule has 0 saturated heterocycles. The van der Waals surface area contributed by atoms with E-state index in [2.05, 4.69) is 15.2 Å². The molecule has 3 heterocycles. The average molecular weight is 428 g/mol. The van der Waals surface area contributed by atoms with Crippen molar-refractivity contribution in [3.63, 3.8) is 0 Å². The van der Waals surface area contributed by atoms with E-state index in [-0.39, 0.29) is 17.5 Å². The normalized spacial score (nSPS) is 15.3. The number of amides is 1. The highest BCUT2D eigenvalue weighted by atomic mass is 19.1. The van der Waals surface area contributed by atoms with Gasteiger partial charge in [0.2, 0.25) is 0 Å². The number of aromatic amines is 1. The number of fused-ring (bicyclic) bond motifs is 1. The first-order valence-corrected chi connectivity index (χ1v) is 10.3. The van der Waals surface area contributed by atoms with E-state index in [0.29, 0.717) is 29.1 Å². The SMILES string of the molecule is Cc1cc(C)c(O)c(-c2n[nH]c3c2C(c2ccc(F)cc2)N(Cc2cccnc2)C3=O)c1. The molecule has 0 bridgehead atoms. The quantitative estimate of drug-likeness (QED) is 0.495. The molecule has 1 unspecified atom stereocenters. The average Bonchev–Trinajstić information content (AvgIpc) is 3.32. The van der Waals surface area contributed by atoms with Gasteiger partial charge in [0.25, 0.3) is 5.91 Å². The standard InChI is InChI=1S/C25H21FN4O2/c1-14-10-15(2)24(31)19(11-14)21-20-22(29-28-21)25(32)30(13-16-4-3-9-27-12-16)23(20)17-5-7-18(26)8-6-17/h3-12,23,31H,13H2,1-2H3,(H,28,29). The smallest absolute Gasteiger partial charge is 0.273 e. The predicted molar refractivity (Wildman–Crippen MR) is 118 cm³/mol. The van der Waals surface area contributed by atoms with Gasteiger partial charge < -0.3 is 10.0 Å². The third-order valence-electron chi connectivity index (χ3n) is 5.83. The molecule has 1 atom stereocenters. The highest BCUT2D eigenvalue weighted by Crippen LogP contribution is 2.45. The van der Waals surface area contributed by atoms with Crippen molar-refractivity contribution in [2.24, 2.45) is 0 Å². The second-order valence-electron chi connectivity index (χ2n) is 8.09. The van der Waals surface area contributed by atoms with Gasteiger partial charge in [-0.05, 0) is 60.4 Å². The molecule has 160 valence electrons. The third-order valence-corrected chi connectivity index (χ3v) is 5.83.